The molecular weight excluding hydrogens is 188 g/mol. The average molecular weight is 204 g/mol. The van der Waals surface area contributed by atoms with Crippen LogP contribution >= 0.6 is 0 Å². The molecule has 4 nitrogen and oxygen atoms in total. The second-order valence-corrected chi connectivity index (χ2v) is 3.75. The van der Waals surface area contributed by atoms with Gasteiger partial charge in [-0.1, -0.05) is 6.07 Å². The van der Waals surface area contributed by atoms with E-state index in [9.17, 15) is 0 Å². The second-order valence-electron chi connectivity index (χ2n) is 3.75. The molecule has 0 aliphatic carbocycles. The van der Waals surface area contributed by atoms with Crippen LogP contribution in [0.4, 0.5) is 0 Å². The molecule has 0 aromatic carbocycles. The molecule has 1 aliphatic heterocycles. The first-order valence-corrected chi connectivity index (χ1v) is 5.17. The van der Waals surface area contributed by atoms with Crippen molar-refractivity contribution in [3.8, 4) is 0 Å². The summed E-state index contributed by atoms with van der Waals surface area (Å²) in [5, 5.41) is 3.30. The lowest BCUT2D eigenvalue weighted by atomic mass is 10.2. The number of aromatic nitrogens is 1. The molecule has 0 spiro atoms. The Morgan fingerprint density at radius 2 is 2.40 bits per heavy atom. The Balaban J connectivity index is 1.96. The van der Waals surface area contributed by atoms with Crippen molar-refractivity contribution in [1.29, 1.82) is 0 Å². The summed E-state index contributed by atoms with van der Waals surface area (Å²) < 4.78 is 0. The first kappa shape index (κ1) is 9.96. The minimum atomic E-state index is 0.746. The number of rotatable bonds is 2. The van der Waals surface area contributed by atoms with Crippen LogP contribution in [0.5, 0.6) is 0 Å². The molecule has 80 valence electrons. The van der Waals surface area contributed by atoms with Gasteiger partial charge in [0.05, 0.1) is 18.8 Å². The van der Waals surface area contributed by atoms with E-state index in [0.29, 0.717) is 0 Å². The average Bonchev–Trinajstić information content (AvgIpc) is 2.63. The highest BCUT2D eigenvalue weighted by atomic mass is 15.3. The fraction of sp³-hybridized carbons (Fsp3) is 0.455. The summed E-state index contributed by atoms with van der Waals surface area (Å²) in [6.45, 7) is 4.71. The first-order chi connectivity index (χ1) is 7.27. The molecule has 0 unspecified atom stereocenters. The maximum Gasteiger partial charge on any atom is 0.194 e. The Kier molecular flexibility index (Phi) is 2.85. The number of nitrogens with one attached hydrogen (secondary N) is 1. The molecule has 1 N–H and O–H groups in total. The van der Waals surface area contributed by atoms with Crippen LogP contribution in [0.15, 0.2) is 23.3 Å². The van der Waals surface area contributed by atoms with Crippen LogP contribution in [-0.2, 0) is 6.54 Å². The smallest absolute Gasteiger partial charge is 0.194 e. The van der Waals surface area contributed by atoms with Gasteiger partial charge in [-0.05, 0) is 18.6 Å². The van der Waals surface area contributed by atoms with Crippen LogP contribution in [0.1, 0.15) is 11.3 Å². The van der Waals surface area contributed by atoms with Crippen molar-refractivity contribution >= 4 is 5.96 Å². The zero-order valence-corrected chi connectivity index (χ0v) is 9.20. The van der Waals surface area contributed by atoms with Gasteiger partial charge in [0, 0.05) is 19.8 Å². The van der Waals surface area contributed by atoms with Gasteiger partial charge in [-0.3, -0.25) is 9.98 Å². The number of aryl methyl sites for hydroxylation is 1. The SMILES string of the molecule is Cc1cccnc1CNC1=NCCN1C. The van der Waals surface area contributed by atoms with Crippen molar-refractivity contribution in [2.45, 2.75) is 13.5 Å². The minimum Gasteiger partial charge on any atom is -0.351 e. The Labute approximate surface area is 90.0 Å². The van der Waals surface area contributed by atoms with Crippen molar-refractivity contribution in [3.63, 3.8) is 0 Å². The number of hydrogen-bond donors (Lipinski definition) is 1. The van der Waals surface area contributed by atoms with Gasteiger partial charge in [0.1, 0.15) is 0 Å². The normalized spacial score (nSPS) is 15.3. The first-order valence-electron chi connectivity index (χ1n) is 5.17. The summed E-state index contributed by atoms with van der Waals surface area (Å²) in [5.41, 5.74) is 2.30. The van der Waals surface area contributed by atoms with E-state index < -0.39 is 0 Å². The maximum atomic E-state index is 4.37. The Morgan fingerprint density at radius 1 is 1.53 bits per heavy atom. The van der Waals surface area contributed by atoms with Crippen LogP contribution in [0.25, 0.3) is 0 Å². The molecule has 0 bridgehead atoms. The van der Waals surface area contributed by atoms with Gasteiger partial charge in [0.25, 0.3) is 0 Å². The highest BCUT2D eigenvalue weighted by molar-refractivity contribution is 5.81. The molecule has 0 saturated heterocycles. The molecule has 15 heavy (non-hydrogen) atoms. The summed E-state index contributed by atoms with van der Waals surface area (Å²) in [7, 11) is 2.05. The van der Waals surface area contributed by atoms with Gasteiger partial charge in [-0.25, -0.2) is 0 Å². The lowest BCUT2D eigenvalue weighted by Crippen LogP contribution is -2.35. The highest BCUT2D eigenvalue weighted by Crippen LogP contribution is 2.03. The van der Waals surface area contributed by atoms with Crippen LogP contribution in [0.2, 0.25) is 0 Å². The zero-order chi connectivity index (χ0) is 10.7. The Bertz CT molecular complexity index is 373. The molecule has 2 heterocycles. The third-order valence-electron chi connectivity index (χ3n) is 2.59. The maximum absolute atomic E-state index is 4.37. The molecule has 4 heteroatoms. The Hall–Kier alpha value is -1.58. The van der Waals surface area contributed by atoms with Crippen LogP contribution in [0.3, 0.4) is 0 Å². The molecule has 0 saturated carbocycles. The number of hydrogen-bond acceptors (Lipinski definition) is 4. The molecule has 0 radical (unpaired) electrons. The number of aliphatic imine (C=N–C) groups is 1. The van der Waals surface area contributed by atoms with E-state index in [4.69, 9.17) is 0 Å². The predicted molar refractivity (Wildman–Crippen MR) is 60.7 cm³/mol. The number of likely N-dealkylation sites (N-methyl/N-ethyl adjacent to an activating group) is 1. The van der Waals surface area contributed by atoms with E-state index in [1.165, 1.54) is 5.56 Å². The number of nitrogens with zero attached hydrogens (tertiary/aromatic N) is 3. The van der Waals surface area contributed by atoms with E-state index in [-0.39, 0.29) is 0 Å². The highest BCUT2D eigenvalue weighted by Gasteiger charge is 2.11. The lowest BCUT2D eigenvalue weighted by Gasteiger charge is -2.15. The molecule has 2 rings (SSSR count). The molecule has 1 aliphatic rings. The van der Waals surface area contributed by atoms with Gasteiger partial charge in [-0.15, -0.1) is 0 Å². The molecule has 0 amide bonds. The fourth-order valence-corrected chi connectivity index (χ4v) is 1.59. The monoisotopic (exact) mass is 204 g/mol. The van der Waals surface area contributed by atoms with E-state index in [2.05, 4.69) is 33.2 Å². The third kappa shape index (κ3) is 2.26. The summed E-state index contributed by atoms with van der Waals surface area (Å²) in [6.07, 6.45) is 1.82. The van der Waals surface area contributed by atoms with Gasteiger partial charge in [0.15, 0.2) is 5.96 Å². The third-order valence-corrected chi connectivity index (χ3v) is 2.59. The van der Waals surface area contributed by atoms with Crippen LogP contribution in [0, 0.1) is 6.92 Å². The van der Waals surface area contributed by atoms with E-state index in [1.54, 1.807) is 0 Å². The lowest BCUT2D eigenvalue weighted by molar-refractivity contribution is 0.533. The summed E-state index contributed by atoms with van der Waals surface area (Å²) >= 11 is 0. The second kappa shape index (κ2) is 4.29. The van der Waals surface area contributed by atoms with Gasteiger partial charge in [0.2, 0.25) is 0 Å². The minimum absolute atomic E-state index is 0.746. The molecule has 1 aromatic rings. The fourth-order valence-electron chi connectivity index (χ4n) is 1.59. The number of guanidine groups is 1. The van der Waals surface area contributed by atoms with Crippen molar-refractivity contribution in [3.05, 3.63) is 29.6 Å². The summed E-state index contributed by atoms with van der Waals surface area (Å²) in [6, 6.07) is 4.03. The standard InChI is InChI=1S/C11H16N4/c1-9-4-3-5-12-10(9)8-14-11-13-6-7-15(11)2/h3-5H,6-8H2,1-2H3,(H,13,14). The molecule has 0 fully saturated rings. The molecular formula is C11H16N4. The molecule has 0 atom stereocenters. The van der Waals surface area contributed by atoms with Crippen molar-refractivity contribution < 1.29 is 0 Å². The summed E-state index contributed by atoms with van der Waals surface area (Å²) in [5.74, 6) is 0.972. The van der Waals surface area contributed by atoms with E-state index >= 15 is 0 Å². The van der Waals surface area contributed by atoms with Gasteiger partial charge >= 0.3 is 0 Å². The van der Waals surface area contributed by atoms with Crippen LogP contribution < -0.4 is 5.32 Å². The summed E-state index contributed by atoms with van der Waals surface area (Å²) in [4.78, 5) is 10.8. The van der Waals surface area contributed by atoms with Gasteiger partial charge < -0.3 is 10.2 Å². The predicted octanol–water partition coefficient (Wildman–Crippen LogP) is 0.781. The van der Waals surface area contributed by atoms with E-state index in [0.717, 1.165) is 31.3 Å². The number of pyridine rings is 1. The quantitative estimate of drug-likeness (QED) is 0.774. The van der Waals surface area contributed by atoms with Crippen molar-refractivity contribution in [2.75, 3.05) is 20.1 Å². The van der Waals surface area contributed by atoms with Crippen molar-refractivity contribution in [2.24, 2.45) is 4.99 Å². The van der Waals surface area contributed by atoms with Crippen LogP contribution in [-0.4, -0.2) is 36.0 Å². The van der Waals surface area contributed by atoms with Crippen molar-refractivity contribution in [1.82, 2.24) is 15.2 Å². The largest absolute Gasteiger partial charge is 0.351 e. The molecule has 1 aromatic heterocycles. The zero-order valence-electron chi connectivity index (χ0n) is 9.20. The van der Waals surface area contributed by atoms with E-state index in [1.807, 2.05) is 19.3 Å². The van der Waals surface area contributed by atoms with Gasteiger partial charge in [-0.2, -0.15) is 0 Å². The Morgan fingerprint density at radius 3 is 3.07 bits per heavy atom. The topological polar surface area (TPSA) is 40.5 Å².